The molecule has 2 N–H and O–H groups in total. The van der Waals surface area contributed by atoms with Crippen LogP contribution >= 0.6 is 0 Å². The van der Waals surface area contributed by atoms with E-state index in [0.29, 0.717) is 16.9 Å². The molecule has 8 heteroatoms. The van der Waals surface area contributed by atoms with Crippen molar-refractivity contribution >= 4 is 10.0 Å². The van der Waals surface area contributed by atoms with E-state index in [1.54, 1.807) is 30.3 Å². The Hall–Kier alpha value is -2.58. The van der Waals surface area contributed by atoms with Crippen LogP contribution in [0.4, 0.5) is 13.2 Å². The van der Waals surface area contributed by atoms with Crippen LogP contribution in [0.25, 0.3) is 16.9 Å². The fourth-order valence-corrected chi connectivity index (χ4v) is 2.97. The number of nitrogens with zero attached hydrogens (tertiary/aromatic N) is 1. The highest BCUT2D eigenvalue weighted by molar-refractivity contribution is 7.89. The van der Waals surface area contributed by atoms with Crippen LogP contribution < -0.4 is 5.14 Å². The largest absolute Gasteiger partial charge is 0.417 e. The molecule has 25 heavy (non-hydrogen) atoms. The van der Waals surface area contributed by atoms with Gasteiger partial charge < -0.3 is 4.57 Å². The van der Waals surface area contributed by atoms with Gasteiger partial charge in [0.25, 0.3) is 0 Å². The second kappa shape index (κ2) is 6.05. The summed E-state index contributed by atoms with van der Waals surface area (Å²) < 4.78 is 63.4. The molecule has 1 aromatic heterocycles. The second-order valence-corrected chi connectivity index (χ2v) is 6.95. The molecule has 0 fully saturated rings. The van der Waals surface area contributed by atoms with Gasteiger partial charge in [-0.1, -0.05) is 30.3 Å². The van der Waals surface area contributed by atoms with Gasteiger partial charge in [0.15, 0.2) is 0 Å². The van der Waals surface area contributed by atoms with Crippen LogP contribution in [0, 0.1) is 0 Å². The molecule has 3 rings (SSSR count). The summed E-state index contributed by atoms with van der Waals surface area (Å²) >= 11 is 0. The monoisotopic (exact) mass is 366 g/mol. The number of alkyl halides is 3. The lowest BCUT2D eigenvalue weighted by atomic mass is 10.1. The fraction of sp³-hybridized carbons (Fsp3) is 0.0588. The molecular weight excluding hydrogens is 353 g/mol. The Morgan fingerprint density at radius 1 is 0.920 bits per heavy atom. The Bertz CT molecular complexity index is 993. The molecule has 4 nitrogen and oxygen atoms in total. The van der Waals surface area contributed by atoms with Gasteiger partial charge >= 0.3 is 6.18 Å². The van der Waals surface area contributed by atoms with Crippen molar-refractivity contribution in [3.05, 3.63) is 72.4 Å². The second-order valence-electron chi connectivity index (χ2n) is 5.39. The highest BCUT2D eigenvalue weighted by Gasteiger charge is 2.33. The maximum atomic E-state index is 13.1. The lowest BCUT2D eigenvalue weighted by Crippen LogP contribution is -2.12. The predicted octanol–water partition coefficient (Wildman–Crippen LogP) is 3.81. The number of hydrogen-bond acceptors (Lipinski definition) is 2. The van der Waals surface area contributed by atoms with E-state index < -0.39 is 21.8 Å². The van der Waals surface area contributed by atoms with Gasteiger partial charge in [0.2, 0.25) is 10.0 Å². The van der Waals surface area contributed by atoms with E-state index in [9.17, 15) is 21.6 Å². The summed E-state index contributed by atoms with van der Waals surface area (Å²) in [7, 11) is -3.87. The average Bonchev–Trinajstić information content (AvgIpc) is 3.00. The van der Waals surface area contributed by atoms with Crippen molar-refractivity contribution in [2.24, 2.45) is 5.14 Å². The first-order chi connectivity index (χ1) is 11.7. The molecule has 0 spiro atoms. The number of sulfonamides is 1. The zero-order valence-corrected chi connectivity index (χ0v) is 13.6. The van der Waals surface area contributed by atoms with E-state index in [0.717, 1.165) is 12.3 Å². The Morgan fingerprint density at radius 2 is 1.52 bits per heavy atom. The smallest absolute Gasteiger partial charge is 0.316 e. The predicted molar refractivity (Wildman–Crippen MR) is 87.6 cm³/mol. The topological polar surface area (TPSA) is 65.1 Å². The summed E-state index contributed by atoms with van der Waals surface area (Å²) in [6, 6.07) is 15.0. The first kappa shape index (κ1) is 17.2. The maximum Gasteiger partial charge on any atom is 0.417 e. The third kappa shape index (κ3) is 3.59. The summed E-state index contributed by atoms with van der Waals surface area (Å²) in [5, 5.41) is 5.04. The van der Waals surface area contributed by atoms with Crippen LogP contribution in [0.1, 0.15) is 5.56 Å². The first-order valence-electron chi connectivity index (χ1n) is 7.14. The Morgan fingerprint density at radius 3 is 2.04 bits per heavy atom. The SMILES string of the molecule is NS(=O)(=O)c1ccc(-n2cc(C(F)(F)F)cc2-c2ccccc2)cc1. The van der Waals surface area contributed by atoms with E-state index in [1.807, 2.05) is 0 Å². The van der Waals surface area contributed by atoms with Crippen molar-refractivity contribution in [1.29, 1.82) is 0 Å². The lowest BCUT2D eigenvalue weighted by Gasteiger charge is -2.10. The van der Waals surface area contributed by atoms with Gasteiger partial charge in [-0.2, -0.15) is 13.2 Å². The van der Waals surface area contributed by atoms with E-state index in [2.05, 4.69) is 0 Å². The fourth-order valence-electron chi connectivity index (χ4n) is 2.46. The molecule has 0 amide bonds. The standard InChI is InChI=1S/C17H13F3N2O2S/c18-17(19,20)13-10-16(12-4-2-1-3-5-12)22(11-13)14-6-8-15(9-7-14)25(21,23)24/h1-11H,(H2,21,23,24). The van der Waals surface area contributed by atoms with Gasteiger partial charge in [-0.3, -0.25) is 0 Å². The summed E-state index contributed by atoms with van der Waals surface area (Å²) in [4.78, 5) is -0.110. The molecule has 0 saturated heterocycles. The van der Waals surface area contributed by atoms with Crippen molar-refractivity contribution in [3.8, 4) is 16.9 Å². The van der Waals surface area contributed by atoms with Gasteiger partial charge in [0.1, 0.15) is 0 Å². The molecule has 0 unspecified atom stereocenters. The maximum absolute atomic E-state index is 13.1. The minimum Gasteiger partial charge on any atom is -0.316 e. The van der Waals surface area contributed by atoms with Crippen LogP contribution in [0.5, 0.6) is 0 Å². The molecular formula is C17H13F3N2O2S. The van der Waals surface area contributed by atoms with Gasteiger partial charge in [-0.05, 0) is 35.9 Å². The molecule has 0 radical (unpaired) electrons. The van der Waals surface area contributed by atoms with Crippen molar-refractivity contribution < 1.29 is 21.6 Å². The Balaban J connectivity index is 2.16. The summed E-state index contributed by atoms with van der Waals surface area (Å²) in [5.74, 6) is 0. The van der Waals surface area contributed by atoms with Gasteiger partial charge in [-0.15, -0.1) is 0 Å². The first-order valence-corrected chi connectivity index (χ1v) is 8.69. The number of hydrogen-bond donors (Lipinski definition) is 1. The lowest BCUT2D eigenvalue weighted by molar-refractivity contribution is -0.137. The minimum atomic E-state index is -4.49. The molecule has 0 saturated carbocycles. The normalized spacial score (nSPS) is 12.3. The van der Waals surface area contributed by atoms with Crippen molar-refractivity contribution in [3.63, 3.8) is 0 Å². The molecule has 0 aliphatic heterocycles. The highest BCUT2D eigenvalue weighted by Crippen LogP contribution is 2.35. The number of halogens is 3. The van der Waals surface area contributed by atoms with E-state index >= 15 is 0 Å². The Kier molecular flexibility index (Phi) is 4.18. The zero-order chi connectivity index (χ0) is 18.2. The molecule has 0 aliphatic rings. The molecule has 130 valence electrons. The van der Waals surface area contributed by atoms with Gasteiger partial charge in [0, 0.05) is 11.9 Å². The summed E-state index contributed by atoms with van der Waals surface area (Å²) in [6.45, 7) is 0. The van der Waals surface area contributed by atoms with Crippen LogP contribution in [0.2, 0.25) is 0 Å². The minimum absolute atomic E-state index is 0.110. The molecule has 0 bridgehead atoms. The van der Waals surface area contributed by atoms with Crippen molar-refractivity contribution in [1.82, 2.24) is 4.57 Å². The summed E-state index contributed by atoms with van der Waals surface area (Å²) in [5.41, 5.74) is 0.549. The number of nitrogens with two attached hydrogens (primary N) is 1. The molecule has 3 aromatic rings. The summed E-state index contributed by atoms with van der Waals surface area (Å²) in [6.07, 6.45) is -3.51. The molecule has 0 aliphatic carbocycles. The molecule has 2 aromatic carbocycles. The zero-order valence-electron chi connectivity index (χ0n) is 12.7. The van der Waals surface area contributed by atoms with Crippen LogP contribution in [-0.2, 0) is 16.2 Å². The van der Waals surface area contributed by atoms with E-state index in [1.165, 1.54) is 28.8 Å². The average molecular weight is 366 g/mol. The number of aromatic nitrogens is 1. The third-order valence-electron chi connectivity index (χ3n) is 3.66. The number of rotatable bonds is 3. The van der Waals surface area contributed by atoms with Crippen molar-refractivity contribution in [2.45, 2.75) is 11.1 Å². The highest BCUT2D eigenvalue weighted by atomic mass is 32.2. The number of primary sulfonamides is 1. The van der Waals surface area contributed by atoms with Gasteiger partial charge in [0.05, 0.1) is 16.2 Å². The quantitative estimate of drug-likeness (QED) is 0.766. The van der Waals surface area contributed by atoms with Gasteiger partial charge in [-0.25, -0.2) is 13.6 Å². The number of benzene rings is 2. The molecule has 0 atom stereocenters. The van der Waals surface area contributed by atoms with Crippen LogP contribution in [0.15, 0.2) is 71.8 Å². The van der Waals surface area contributed by atoms with E-state index in [-0.39, 0.29) is 4.90 Å². The van der Waals surface area contributed by atoms with Crippen molar-refractivity contribution in [2.75, 3.05) is 0 Å². The van der Waals surface area contributed by atoms with E-state index in [4.69, 9.17) is 5.14 Å². The van der Waals surface area contributed by atoms with Crippen LogP contribution in [-0.4, -0.2) is 13.0 Å². The molecule has 1 heterocycles. The van der Waals surface area contributed by atoms with Crippen LogP contribution in [0.3, 0.4) is 0 Å². The Labute approximate surface area is 142 Å². The third-order valence-corrected chi connectivity index (χ3v) is 4.59.